The van der Waals surface area contributed by atoms with Crippen LogP contribution in [0.25, 0.3) is 0 Å². The molecule has 1 aliphatic rings. The van der Waals surface area contributed by atoms with E-state index in [9.17, 15) is 14.7 Å². The van der Waals surface area contributed by atoms with E-state index >= 15 is 0 Å². The first-order valence-corrected chi connectivity index (χ1v) is 4.96. The van der Waals surface area contributed by atoms with E-state index < -0.39 is 23.8 Å². The van der Waals surface area contributed by atoms with Crippen molar-refractivity contribution in [3.63, 3.8) is 0 Å². The molecule has 0 unspecified atom stereocenters. The van der Waals surface area contributed by atoms with Crippen LogP contribution >= 0.6 is 0 Å². The maximum atomic E-state index is 11.6. The standard InChI is InChI=1S/C10H17NO4/c1-10(2,3)15-9(14)11-5-8(13)4-7(11)6-12/h6-8,13H,4-5H2,1-3H3/t7-,8+/m1/s1. The van der Waals surface area contributed by atoms with Gasteiger partial charge in [-0.05, 0) is 20.8 Å². The maximum Gasteiger partial charge on any atom is 0.410 e. The molecule has 1 N–H and O–H groups in total. The minimum Gasteiger partial charge on any atom is -0.444 e. The molecular formula is C10H17NO4. The molecule has 15 heavy (non-hydrogen) atoms. The van der Waals surface area contributed by atoms with Gasteiger partial charge in [0.1, 0.15) is 11.9 Å². The monoisotopic (exact) mass is 215 g/mol. The van der Waals surface area contributed by atoms with E-state index in [4.69, 9.17) is 4.74 Å². The van der Waals surface area contributed by atoms with Crippen molar-refractivity contribution in [3.8, 4) is 0 Å². The van der Waals surface area contributed by atoms with E-state index in [0.29, 0.717) is 12.7 Å². The third-order valence-electron chi connectivity index (χ3n) is 2.11. The number of aldehydes is 1. The fourth-order valence-corrected chi connectivity index (χ4v) is 1.50. The van der Waals surface area contributed by atoms with Crippen LogP contribution in [0.3, 0.4) is 0 Å². The molecule has 1 heterocycles. The minimum atomic E-state index is -0.632. The minimum absolute atomic E-state index is 0.165. The van der Waals surface area contributed by atoms with Crippen molar-refractivity contribution in [2.45, 2.75) is 44.9 Å². The number of aliphatic hydroxyl groups is 1. The smallest absolute Gasteiger partial charge is 0.410 e. The molecule has 86 valence electrons. The quantitative estimate of drug-likeness (QED) is 0.649. The van der Waals surface area contributed by atoms with Crippen LogP contribution in [0.2, 0.25) is 0 Å². The first-order chi connectivity index (χ1) is 6.83. The Labute approximate surface area is 89.0 Å². The maximum absolute atomic E-state index is 11.6. The van der Waals surface area contributed by atoms with Crippen molar-refractivity contribution in [1.29, 1.82) is 0 Å². The molecule has 2 atom stereocenters. The number of likely N-dealkylation sites (tertiary alicyclic amines) is 1. The lowest BCUT2D eigenvalue weighted by molar-refractivity contribution is -0.111. The van der Waals surface area contributed by atoms with Gasteiger partial charge in [0.05, 0.1) is 18.7 Å². The summed E-state index contributed by atoms with van der Waals surface area (Å²) in [6, 6.07) is -0.560. The molecule has 1 saturated heterocycles. The second-order valence-electron chi connectivity index (χ2n) is 4.73. The highest BCUT2D eigenvalue weighted by atomic mass is 16.6. The van der Waals surface area contributed by atoms with Crippen LogP contribution in [0.4, 0.5) is 4.79 Å². The van der Waals surface area contributed by atoms with Gasteiger partial charge in [-0.1, -0.05) is 0 Å². The van der Waals surface area contributed by atoms with Crippen molar-refractivity contribution in [2.24, 2.45) is 0 Å². The summed E-state index contributed by atoms with van der Waals surface area (Å²) in [6.07, 6.45) is -0.216. The average Bonchev–Trinajstić information content (AvgIpc) is 2.43. The van der Waals surface area contributed by atoms with Gasteiger partial charge in [0.25, 0.3) is 0 Å². The number of rotatable bonds is 1. The lowest BCUT2D eigenvalue weighted by Gasteiger charge is -2.26. The van der Waals surface area contributed by atoms with E-state index in [1.54, 1.807) is 20.8 Å². The second kappa shape index (κ2) is 4.18. The number of carbonyl (C=O) groups excluding carboxylic acids is 2. The number of β-amino-alcohol motifs (C(OH)–C–C–N with tert-alkyl or cyclic N) is 1. The summed E-state index contributed by atoms with van der Waals surface area (Å²) >= 11 is 0. The molecule has 0 aliphatic carbocycles. The van der Waals surface area contributed by atoms with Crippen LogP contribution in [0.1, 0.15) is 27.2 Å². The highest BCUT2D eigenvalue weighted by Gasteiger charge is 2.36. The van der Waals surface area contributed by atoms with Gasteiger partial charge in [0.15, 0.2) is 0 Å². The van der Waals surface area contributed by atoms with Crippen molar-refractivity contribution in [1.82, 2.24) is 4.90 Å². The van der Waals surface area contributed by atoms with Crippen LogP contribution in [-0.2, 0) is 9.53 Å². The molecule has 5 nitrogen and oxygen atoms in total. The predicted molar refractivity (Wildman–Crippen MR) is 53.4 cm³/mol. The van der Waals surface area contributed by atoms with Gasteiger partial charge in [0, 0.05) is 6.42 Å². The Bertz CT molecular complexity index is 259. The average molecular weight is 215 g/mol. The topological polar surface area (TPSA) is 66.8 Å². The van der Waals surface area contributed by atoms with E-state index in [0.717, 1.165) is 0 Å². The predicted octanol–water partition coefficient (Wildman–Crippen LogP) is 0.556. The zero-order chi connectivity index (χ0) is 11.6. The summed E-state index contributed by atoms with van der Waals surface area (Å²) < 4.78 is 5.12. The van der Waals surface area contributed by atoms with Gasteiger partial charge in [0.2, 0.25) is 0 Å². The summed E-state index contributed by atoms with van der Waals surface area (Å²) in [4.78, 5) is 23.5. The highest BCUT2D eigenvalue weighted by Crippen LogP contribution is 2.19. The molecule has 0 saturated carbocycles. The zero-order valence-corrected chi connectivity index (χ0v) is 9.27. The van der Waals surface area contributed by atoms with Gasteiger partial charge in [-0.15, -0.1) is 0 Å². The molecule has 0 spiro atoms. The number of ether oxygens (including phenoxy) is 1. The number of aliphatic hydroxyl groups excluding tert-OH is 1. The van der Waals surface area contributed by atoms with Crippen LogP contribution in [0.5, 0.6) is 0 Å². The van der Waals surface area contributed by atoms with E-state index in [-0.39, 0.29) is 6.54 Å². The van der Waals surface area contributed by atoms with E-state index in [1.165, 1.54) is 4.90 Å². The fraction of sp³-hybridized carbons (Fsp3) is 0.800. The van der Waals surface area contributed by atoms with Gasteiger partial charge in [-0.3, -0.25) is 4.90 Å². The summed E-state index contributed by atoms with van der Waals surface area (Å²) in [7, 11) is 0. The second-order valence-corrected chi connectivity index (χ2v) is 4.73. The van der Waals surface area contributed by atoms with Crippen LogP contribution < -0.4 is 0 Å². The Morgan fingerprint density at radius 1 is 1.53 bits per heavy atom. The molecular weight excluding hydrogens is 198 g/mol. The number of amides is 1. The molecule has 1 rings (SSSR count). The van der Waals surface area contributed by atoms with Crippen LogP contribution in [0.15, 0.2) is 0 Å². The third-order valence-corrected chi connectivity index (χ3v) is 2.11. The lowest BCUT2D eigenvalue weighted by atomic mass is 10.2. The van der Waals surface area contributed by atoms with Gasteiger partial charge in [-0.25, -0.2) is 4.79 Å². The first-order valence-electron chi connectivity index (χ1n) is 4.96. The highest BCUT2D eigenvalue weighted by molar-refractivity contribution is 5.74. The summed E-state index contributed by atoms with van der Waals surface area (Å²) in [5, 5.41) is 9.34. The van der Waals surface area contributed by atoms with Gasteiger partial charge in [-0.2, -0.15) is 0 Å². The molecule has 0 aromatic carbocycles. The Morgan fingerprint density at radius 3 is 2.60 bits per heavy atom. The Balaban J connectivity index is 2.63. The number of hydrogen-bond donors (Lipinski definition) is 1. The SMILES string of the molecule is CC(C)(C)OC(=O)N1C[C@@H](O)C[C@@H]1C=O. The zero-order valence-electron chi connectivity index (χ0n) is 9.27. The van der Waals surface area contributed by atoms with Gasteiger partial charge >= 0.3 is 6.09 Å². The van der Waals surface area contributed by atoms with Crippen molar-refractivity contribution in [3.05, 3.63) is 0 Å². The number of hydrogen-bond acceptors (Lipinski definition) is 4. The summed E-state index contributed by atoms with van der Waals surface area (Å²) in [6.45, 7) is 5.44. The van der Waals surface area contributed by atoms with Crippen molar-refractivity contribution >= 4 is 12.4 Å². The molecule has 1 aliphatic heterocycles. The number of nitrogens with zero attached hydrogens (tertiary/aromatic N) is 1. The van der Waals surface area contributed by atoms with Crippen molar-refractivity contribution in [2.75, 3.05) is 6.54 Å². The largest absolute Gasteiger partial charge is 0.444 e. The number of carbonyl (C=O) groups is 2. The Kier molecular flexibility index (Phi) is 3.34. The van der Waals surface area contributed by atoms with Crippen molar-refractivity contribution < 1.29 is 19.4 Å². The molecule has 1 fully saturated rings. The fourth-order valence-electron chi connectivity index (χ4n) is 1.50. The Hall–Kier alpha value is -1.10. The molecule has 0 aromatic rings. The molecule has 1 amide bonds. The molecule has 0 aromatic heterocycles. The molecule has 0 radical (unpaired) electrons. The summed E-state index contributed by atoms with van der Waals surface area (Å²) in [5.41, 5.74) is -0.585. The summed E-state index contributed by atoms with van der Waals surface area (Å²) in [5.74, 6) is 0. The van der Waals surface area contributed by atoms with E-state index in [2.05, 4.69) is 0 Å². The molecule has 5 heteroatoms. The Morgan fingerprint density at radius 2 is 2.13 bits per heavy atom. The normalized spacial score (nSPS) is 26.5. The first kappa shape index (κ1) is 12.0. The lowest BCUT2D eigenvalue weighted by Crippen LogP contribution is -2.40. The molecule has 0 bridgehead atoms. The van der Waals surface area contributed by atoms with E-state index in [1.807, 2.05) is 0 Å². The van der Waals surface area contributed by atoms with Gasteiger partial charge < -0.3 is 14.6 Å². The third kappa shape index (κ3) is 3.20. The van der Waals surface area contributed by atoms with Crippen LogP contribution in [-0.4, -0.2) is 46.7 Å². The van der Waals surface area contributed by atoms with Crippen LogP contribution in [0, 0.1) is 0 Å².